The predicted octanol–water partition coefficient (Wildman–Crippen LogP) is 5.72. The monoisotopic (exact) mass is 678 g/mol. The molecular weight excluding hydrogens is 648 g/mol. The average Bonchev–Trinajstić information content (AvgIpc) is 2.93. The number of anilines is 1. The van der Waals surface area contributed by atoms with Crippen LogP contribution < -0.4 is 16.4 Å². The molecular formula is C29H30F3IN6O2. The van der Waals surface area contributed by atoms with Crippen LogP contribution in [0.2, 0.25) is 0 Å². The number of fused-ring (bicyclic) bond motifs is 1. The van der Waals surface area contributed by atoms with E-state index in [4.69, 9.17) is 0 Å². The first-order valence-corrected chi connectivity index (χ1v) is 14.6. The summed E-state index contributed by atoms with van der Waals surface area (Å²) in [6, 6.07) is 3.57. The van der Waals surface area contributed by atoms with E-state index in [1.807, 2.05) is 44.6 Å². The molecule has 3 heterocycles. The zero-order valence-corrected chi connectivity index (χ0v) is 25.1. The molecule has 1 N–H and O–H groups in total. The van der Waals surface area contributed by atoms with Gasteiger partial charge in [0.05, 0.1) is 11.9 Å². The second-order valence-corrected chi connectivity index (χ2v) is 11.8. The molecule has 1 fully saturated rings. The highest BCUT2D eigenvalue weighted by Crippen LogP contribution is 2.34. The van der Waals surface area contributed by atoms with Crippen LogP contribution >= 0.6 is 22.6 Å². The molecule has 5 rings (SSSR count). The molecule has 1 aliphatic rings. The number of hydrogen-bond acceptors (Lipinski definition) is 6. The van der Waals surface area contributed by atoms with Gasteiger partial charge < -0.3 is 9.88 Å². The molecule has 4 aromatic rings. The summed E-state index contributed by atoms with van der Waals surface area (Å²) in [5.41, 5.74) is 0.0227. The molecule has 1 saturated carbocycles. The van der Waals surface area contributed by atoms with Gasteiger partial charge in [0.25, 0.3) is 11.1 Å². The largest absolute Gasteiger partial charge is 0.423 e. The Kier molecular flexibility index (Phi) is 8.22. The molecule has 216 valence electrons. The van der Waals surface area contributed by atoms with Gasteiger partial charge in [-0.1, -0.05) is 13.3 Å². The standard InChI is InChI=1S/C29H30F3IN6O2/c1-4-17-11-34-26(35-12-17)22-9-20-16(2)14-39(27(40)21(20)10-23(22)33)15-18-6-5-7-19(8-18)37-24-13-36-38(3)28(41)25(24)29(30,31)32/h9-14,18-19,37H,4-8,15H2,1-3H3/t18-,19+/m1/s1. The highest BCUT2D eigenvalue weighted by Gasteiger charge is 2.38. The first kappa shape index (κ1) is 29.2. The molecule has 2 atom stereocenters. The molecule has 12 heteroatoms. The number of rotatable bonds is 6. The Morgan fingerprint density at radius 2 is 1.80 bits per heavy atom. The van der Waals surface area contributed by atoms with Crippen LogP contribution in [0.5, 0.6) is 0 Å². The van der Waals surface area contributed by atoms with Crippen LogP contribution in [0.3, 0.4) is 0 Å². The third-order valence-electron chi connectivity index (χ3n) is 7.75. The highest BCUT2D eigenvalue weighted by atomic mass is 127. The predicted molar refractivity (Wildman–Crippen MR) is 160 cm³/mol. The molecule has 0 spiro atoms. The molecule has 0 bridgehead atoms. The molecule has 8 nitrogen and oxygen atoms in total. The summed E-state index contributed by atoms with van der Waals surface area (Å²) in [4.78, 5) is 34.8. The fraction of sp³-hybridized carbons (Fsp3) is 0.414. The molecule has 3 aromatic heterocycles. The number of aromatic nitrogens is 5. The second kappa shape index (κ2) is 11.5. The minimum absolute atomic E-state index is 0.0773. The summed E-state index contributed by atoms with van der Waals surface area (Å²) >= 11 is 2.21. The number of alkyl halides is 3. The van der Waals surface area contributed by atoms with Crippen molar-refractivity contribution in [2.45, 2.75) is 64.7 Å². The van der Waals surface area contributed by atoms with Gasteiger partial charge >= 0.3 is 6.18 Å². The van der Waals surface area contributed by atoms with Crippen LogP contribution in [0.4, 0.5) is 18.9 Å². The van der Waals surface area contributed by atoms with Crippen molar-refractivity contribution in [1.82, 2.24) is 24.3 Å². The van der Waals surface area contributed by atoms with Gasteiger partial charge in [0.15, 0.2) is 5.82 Å². The van der Waals surface area contributed by atoms with Gasteiger partial charge in [-0.05, 0) is 89.8 Å². The lowest BCUT2D eigenvalue weighted by atomic mass is 9.85. The van der Waals surface area contributed by atoms with E-state index >= 15 is 0 Å². The summed E-state index contributed by atoms with van der Waals surface area (Å²) in [6.07, 6.45) is 5.47. The summed E-state index contributed by atoms with van der Waals surface area (Å²) in [5.74, 6) is 0.687. The number of hydrogen-bond donors (Lipinski definition) is 1. The van der Waals surface area contributed by atoms with Crippen molar-refractivity contribution in [3.63, 3.8) is 0 Å². The Morgan fingerprint density at radius 1 is 1.07 bits per heavy atom. The van der Waals surface area contributed by atoms with Crippen LogP contribution in [0, 0.1) is 16.4 Å². The molecule has 1 aliphatic carbocycles. The Bertz CT molecular complexity index is 1720. The van der Waals surface area contributed by atoms with Gasteiger partial charge in [-0.2, -0.15) is 18.3 Å². The number of aryl methyl sites for hydroxylation is 3. The van der Waals surface area contributed by atoms with Crippen molar-refractivity contribution in [2.75, 3.05) is 5.32 Å². The third-order valence-corrected chi connectivity index (χ3v) is 8.64. The van der Waals surface area contributed by atoms with Crippen molar-refractivity contribution < 1.29 is 13.2 Å². The number of pyridine rings is 1. The van der Waals surface area contributed by atoms with E-state index in [-0.39, 0.29) is 23.2 Å². The zero-order chi connectivity index (χ0) is 29.5. The maximum absolute atomic E-state index is 13.7. The van der Waals surface area contributed by atoms with E-state index in [0.717, 1.165) is 51.1 Å². The van der Waals surface area contributed by atoms with Crippen LogP contribution in [0.15, 0.2) is 46.5 Å². The molecule has 0 amide bonds. The summed E-state index contributed by atoms with van der Waals surface area (Å²) in [7, 11) is 1.19. The van der Waals surface area contributed by atoms with E-state index in [0.29, 0.717) is 35.3 Å². The molecule has 0 unspecified atom stereocenters. The number of nitrogens with one attached hydrogen (secondary N) is 1. The Morgan fingerprint density at radius 3 is 2.49 bits per heavy atom. The highest BCUT2D eigenvalue weighted by molar-refractivity contribution is 14.1. The summed E-state index contributed by atoms with van der Waals surface area (Å²) in [5, 5.41) is 8.16. The topological polar surface area (TPSA) is 94.7 Å². The summed E-state index contributed by atoms with van der Waals surface area (Å²) < 4.78 is 44.3. The minimum Gasteiger partial charge on any atom is -0.380 e. The smallest absolute Gasteiger partial charge is 0.380 e. The van der Waals surface area contributed by atoms with Gasteiger partial charge in [0.1, 0.15) is 5.56 Å². The first-order valence-electron chi connectivity index (χ1n) is 13.5. The first-order chi connectivity index (χ1) is 19.5. The Hall–Kier alpha value is -3.29. The molecule has 1 aromatic carbocycles. The fourth-order valence-corrected chi connectivity index (χ4v) is 6.29. The SMILES string of the molecule is CCc1cnc(-c2cc3c(C)cn(C[C@@H]4CCC[C@H](Nc5cnn(C)c(=O)c5C(F)(F)F)C4)c(=O)c3cc2I)nc1. The van der Waals surface area contributed by atoms with Crippen molar-refractivity contribution in [1.29, 1.82) is 0 Å². The van der Waals surface area contributed by atoms with Crippen LogP contribution in [0.1, 0.15) is 49.3 Å². The van der Waals surface area contributed by atoms with E-state index in [9.17, 15) is 22.8 Å². The van der Waals surface area contributed by atoms with Crippen molar-refractivity contribution >= 4 is 39.1 Å². The summed E-state index contributed by atoms with van der Waals surface area (Å²) in [6.45, 7) is 4.46. The maximum Gasteiger partial charge on any atom is 0.423 e. The van der Waals surface area contributed by atoms with Gasteiger partial charge in [0, 0.05) is 52.7 Å². The minimum atomic E-state index is -4.80. The van der Waals surface area contributed by atoms with Crippen molar-refractivity contribution in [2.24, 2.45) is 13.0 Å². The maximum atomic E-state index is 13.7. The molecule has 41 heavy (non-hydrogen) atoms. The molecule has 0 saturated heterocycles. The zero-order valence-electron chi connectivity index (χ0n) is 22.9. The average molecular weight is 678 g/mol. The number of nitrogens with zero attached hydrogens (tertiary/aromatic N) is 5. The van der Waals surface area contributed by atoms with Gasteiger partial charge in [-0.15, -0.1) is 0 Å². The third kappa shape index (κ3) is 6.02. The van der Waals surface area contributed by atoms with Crippen LogP contribution in [-0.4, -0.2) is 30.4 Å². The van der Waals surface area contributed by atoms with Gasteiger partial charge in [-0.25, -0.2) is 14.6 Å². The van der Waals surface area contributed by atoms with Crippen LogP contribution in [-0.2, 0) is 26.2 Å². The van der Waals surface area contributed by atoms with Gasteiger partial charge in [0.2, 0.25) is 0 Å². The van der Waals surface area contributed by atoms with E-state index < -0.39 is 17.3 Å². The molecule has 0 aliphatic heterocycles. The normalized spacial score (nSPS) is 17.6. The Labute approximate surface area is 248 Å². The van der Waals surface area contributed by atoms with Crippen molar-refractivity contribution in [3.8, 4) is 11.4 Å². The lowest BCUT2D eigenvalue weighted by Gasteiger charge is -2.31. The van der Waals surface area contributed by atoms with E-state index in [1.165, 1.54) is 7.05 Å². The number of benzene rings is 1. The fourth-order valence-electron chi connectivity index (χ4n) is 5.58. The van der Waals surface area contributed by atoms with E-state index in [1.54, 1.807) is 4.57 Å². The number of halogens is 4. The lowest BCUT2D eigenvalue weighted by molar-refractivity contribution is -0.138. The van der Waals surface area contributed by atoms with Crippen molar-refractivity contribution in [3.05, 3.63) is 77.9 Å². The Balaban J connectivity index is 1.39. The van der Waals surface area contributed by atoms with E-state index in [2.05, 4.69) is 43.0 Å². The molecule has 0 radical (unpaired) electrons. The second-order valence-electron chi connectivity index (χ2n) is 10.6. The quantitative estimate of drug-likeness (QED) is 0.263. The van der Waals surface area contributed by atoms with Crippen LogP contribution in [0.25, 0.3) is 22.2 Å². The van der Waals surface area contributed by atoms with Gasteiger partial charge in [-0.3, -0.25) is 9.59 Å². The lowest BCUT2D eigenvalue weighted by Crippen LogP contribution is -2.35.